The molecule has 1 unspecified atom stereocenters. The lowest BCUT2D eigenvalue weighted by Gasteiger charge is -2.22. The SMILES string of the molecule is CC1(c2cccc(F)c2)Cc2ccccc2C1=O. The van der Waals surface area contributed by atoms with E-state index in [9.17, 15) is 9.18 Å². The van der Waals surface area contributed by atoms with E-state index in [2.05, 4.69) is 0 Å². The van der Waals surface area contributed by atoms with Gasteiger partial charge in [0.05, 0.1) is 5.41 Å². The van der Waals surface area contributed by atoms with Gasteiger partial charge in [-0.05, 0) is 36.6 Å². The quantitative estimate of drug-likeness (QED) is 0.745. The van der Waals surface area contributed by atoms with E-state index in [1.54, 1.807) is 6.07 Å². The minimum atomic E-state index is -0.633. The van der Waals surface area contributed by atoms with Crippen LogP contribution in [0.25, 0.3) is 0 Å². The Labute approximate surface area is 105 Å². The third kappa shape index (κ3) is 1.49. The first-order valence-electron chi connectivity index (χ1n) is 6.00. The number of carbonyl (C=O) groups is 1. The molecule has 18 heavy (non-hydrogen) atoms. The normalized spacial score (nSPS) is 22.0. The summed E-state index contributed by atoms with van der Waals surface area (Å²) >= 11 is 0. The molecule has 2 heteroatoms. The second kappa shape index (κ2) is 3.77. The highest BCUT2D eigenvalue weighted by atomic mass is 19.1. The summed E-state index contributed by atoms with van der Waals surface area (Å²) in [6.07, 6.45) is 0.644. The molecule has 2 aromatic carbocycles. The molecule has 0 amide bonds. The molecule has 1 nitrogen and oxygen atoms in total. The zero-order chi connectivity index (χ0) is 12.8. The third-order valence-corrected chi connectivity index (χ3v) is 3.77. The number of benzene rings is 2. The van der Waals surface area contributed by atoms with Crippen molar-refractivity contribution in [3.05, 3.63) is 71.0 Å². The maximum Gasteiger partial charge on any atom is 0.173 e. The van der Waals surface area contributed by atoms with Crippen molar-refractivity contribution in [3.8, 4) is 0 Å². The van der Waals surface area contributed by atoms with Gasteiger partial charge in [-0.2, -0.15) is 0 Å². The lowest BCUT2D eigenvalue weighted by atomic mass is 9.79. The van der Waals surface area contributed by atoms with Gasteiger partial charge in [0.15, 0.2) is 5.78 Å². The number of rotatable bonds is 1. The van der Waals surface area contributed by atoms with Crippen LogP contribution in [0.4, 0.5) is 4.39 Å². The third-order valence-electron chi connectivity index (χ3n) is 3.77. The molecule has 0 radical (unpaired) electrons. The Balaban J connectivity index is 2.12. The fourth-order valence-electron chi connectivity index (χ4n) is 2.72. The van der Waals surface area contributed by atoms with Crippen LogP contribution in [0.5, 0.6) is 0 Å². The van der Waals surface area contributed by atoms with Crippen LogP contribution in [-0.2, 0) is 11.8 Å². The van der Waals surface area contributed by atoms with Crippen molar-refractivity contribution >= 4 is 5.78 Å². The topological polar surface area (TPSA) is 17.1 Å². The summed E-state index contributed by atoms with van der Waals surface area (Å²) in [5.41, 5.74) is 1.94. The highest BCUT2D eigenvalue weighted by Crippen LogP contribution is 2.39. The van der Waals surface area contributed by atoms with Crippen molar-refractivity contribution in [2.75, 3.05) is 0 Å². The molecule has 0 saturated heterocycles. The van der Waals surface area contributed by atoms with Crippen LogP contribution in [-0.4, -0.2) is 5.78 Å². The minimum Gasteiger partial charge on any atom is -0.293 e. The summed E-state index contributed by atoms with van der Waals surface area (Å²) in [6, 6.07) is 14.0. The second-order valence-electron chi connectivity index (χ2n) is 5.01. The average Bonchev–Trinajstić information content (AvgIpc) is 2.64. The number of halogens is 1. The van der Waals surface area contributed by atoms with E-state index in [0.717, 1.165) is 16.7 Å². The number of fused-ring (bicyclic) bond motifs is 1. The number of Topliss-reactive ketones (excluding diaryl/α,β-unsaturated/α-hetero) is 1. The maximum absolute atomic E-state index is 13.3. The summed E-state index contributed by atoms with van der Waals surface area (Å²) in [4.78, 5) is 12.5. The van der Waals surface area contributed by atoms with Gasteiger partial charge >= 0.3 is 0 Å². The predicted molar refractivity (Wildman–Crippen MR) is 68.2 cm³/mol. The second-order valence-corrected chi connectivity index (χ2v) is 5.01. The van der Waals surface area contributed by atoms with Crippen molar-refractivity contribution < 1.29 is 9.18 Å². The van der Waals surface area contributed by atoms with Gasteiger partial charge in [0.1, 0.15) is 5.82 Å². The van der Waals surface area contributed by atoms with E-state index in [1.807, 2.05) is 37.3 Å². The standard InChI is InChI=1S/C16H13FO/c1-16(12-6-4-7-13(17)9-12)10-11-5-2-3-8-14(11)15(16)18/h2-9H,10H2,1H3. The fourth-order valence-corrected chi connectivity index (χ4v) is 2.72. The monoisotopic (exact) mass is 240 g/mol. The fraction of sp³-hybridized carbons (Fsp3) is 0.188. The van der Waals surface area contributed by atoms with E-state index < -0.39 is 5.41 Å². The van der Waals surface area contributed by atoms with Crippen LogP contribution in [0, 0.1) is 5.82 Å². The first-order chi connectivity index (χ1) is 8.61. The predicted octanol–water partition coefficient (Wildman–Crippen LogP) is 3.52. The van der Waals surface area contributed by atoms with Crippen molar-refractivity contribution in [1.29, 1.82) is 0 Å². The van der Waals surface area contributed by atoms with Crippen LogP contribution < -0.4 is 0 Å². The lowest BCUT2D eigenvalue weighted by molar-refractivity contribution is 0.0915. The van der Waals surface area contributed by atoms with Crippen molar-refractivity contribution in [2.24, 2.45) is 0 Å². The van der Waals surface area contributed by atoms with Crippen molar-refractivity contribution in [1.82, 2.24) is 0 Å². The molecule has 3 rings (SSSR count). The van der Waals surface area contributed by atoms with E-state index in [-0.39, 0.29) is 11.6 Å². The van der Waals surface area contributed by atoms with Crippen LogP contribution in [0.15, 0.2) is 48.5 Å². The van der Waals surface area contributed by atoms with Gasteiger partial charge in [0.2, 0.25) is 0 Å². The molecule has 0 N–H and O–H groups in total. The Hall–Kier alpha value is -1.96. The Morgan fingerprint density at radius 3 is 2.61 bits per heavy atom. The molecular formula is C16H13FO. The summed E-state index contributed by atoms with van der Waals surface area (Å²) in [7, 11) is 0. The molecule has 0 fully saturated rings. The number of ketones is 1. The van der Waals surface area contributed by atoms with Crippen LogP contribution >= 0.6 is 0 Å². The van der Waals surface area contributed by atoms with Gasteiger partial charge in [-0.3, -0.25) is 4.79 Å². The smallest absolute Gasteiger partial charge is 0.173 e. The molecule has 0 spiro atoms. The molecular weight excluding hydrogens is 227 g/mol. The minimum absolute atomic E-state index is 0.0868. The Bertz CT molecular complexity index is 632. The van der Waals surface area contributed by atoms with E-state index >= 15 is 0 Å². The first-order valence-corrected chi connectivity index (χ1v) is 6.00. The van der Waals surface area contributed by atoms with Crippen molar-refractivity contribution in [3.63, 3.8) is 0 Å². The highest BCUT2D eigenvalue weighted by molar-refractivity contribution is 6.08. The molecule has 0 saturated carbocycles. The first kappa shape index (κ1) is 11.1. The highest BCUT2D eigenvalue weighted by Gasteiger charge is 2.42. The van der Waals surface area contributed by atoms with E-state index in [1.165, 1.54) is 12.1 Å². The van der Waals surface area contributed by atoms with Gasteiger partial charge in [-0.1, -0.05) is 36.4 Å². The van der Waals surface area contributed by atoms with Gasteiger partial charge in [-0.25, -0.2) is 4.39 Å². The summed E-state index contributed by atoms with van der Waals surface area (Å²) in [5, 5.41) is 0. The van der Waals surface area contributed by atoms with E-state index in [4.69, 9.17) is 0 Å². The zero-order valence-electron chi connectivity index (χ0n) is 10.1. The molecule has 0 heterocycles. The van der Waals surface area contributed by atoms with Crippen molar-refractivity contribution in [2.45, 2.75) is 18.8 Å². The summed E-state index contributed by atoms with van der Waals surface area (Å²) in [6.45, 7) is 1.89. The van der Waals surface area contributed by atoms with Crippen LogP contribution in [0.3, 0.4) is 0 Å². The largest absolute Gasteiger partial charge is 0.293 e. The molecule has 0 bridgehead atoms. The van der Waals surface area contributed by atoms with Gasteiger partial charge in [0.25, 0.3) is 0 Å². The summed E-state index contributed by atoms with van der Waals surface area (Å²) < 4.78 is 13.3. The summed E-state index contributed by atoms with van der Waals surface area (Å²) in [5.74, 6) is -0.207. The molecule has 0 aromatic heterocycles. The lowest BCUT2D eigenvalue weighted by Crippen LogP contribution is -2.29. The van der Waals surface area contributed by atoms with Crippen LogP contribution in [0.2, 0.25) is 0 Å². The number of carbonyl (C=O) groups excluding carboxylic acids is 1. The molecule has 1 atom stereocenters. The Morgan fingerprint density at radius 1 is 1.11 bits per heavy atom. The van der Waals surface area contributed by atoms with Gasteiger partial charge in [-0.15, -0.1) is 0 Å². The number of hydrogen-bond donors (Lipinski definition) is 0. The molecule has 1 aliphatic rings. The zero-order valence-corrected chi connectivity index (χ0v) is 10.1. The Morgan fingerprint density at radius 2 is 1.89 bits per heavy atom. The molecule has 90 valence electrons. The molecule has 1 aliphatic carbocycles. The molecule has 2 aromatic rings. The number of hydrogen-bond acceptors (Lipinski definition) is 1. The Kier molecular flexibility index (Phi) is 2.34. The maximum atomic E-state index is 13.3. The van der Waals surface area contributed by atoms with Gasteiger partial charge in [0, 0.05) is 5.56 Å². The average molecular weight is 240 g/mol. The molecule has 0 aliphatic heterocycles. The van der Waals surface area contributed by atoms with Gasteiger partial charge < -0.3 is 0 Å². The van der Waals surface area contributed by atoms with E-state index in [0.29, 0.717) is 6.42 Å². The van der Waals surface area contributed by atoms with Crippen LogP contribution in [0.1, 0.15) is 28.4 Å².